The number of hydrogen-bond acceptors (Lipinski definition) is 9. The summed E-state index contributed by atoms with van der Waals surface area (Å²) in [5.74, 6) is -1.53. The fourth-order valence-electron chi connectivity index (χ4n) is 3.00. The van der Waals surface area contributed by atoms with E-state index in [1.54, 1.807) is 17.8 Å². The van der Waals surface area contributed by atoms with E-state index in [-0.39, 0.29) is 18.8 Å². The van der Waals surface area contributed by atoms with E-state index in [0.717, 1.165) is 6.42 Å². The maximum atomic E-state index is 13.7. The Labute approximate surface area is 198 Å². The lowest BCUT2D eigenvalue weighted by Gasteiger charge is -2.31. The lowest BCUT2D eigenvalue weighted by Crippen LogP contribution is -2.49. The van der Waals surface area contributed by atoms with Crippen molar-refractivity contribution in [1.82, 2.24) is 29.7 Å². The third-order valence-corrected chi connectivity index (χ3v) is 7.15. The summed E-state index contributed by atoms with van der Waals surface area (Å²) in [7, 11) is -3.72. The van der Waals surface area contributed by atoms with Crippen molar-refractivity contribution < 1.29 is 28.7 Å². The largest absolute Gasteiger partial charge is 0.480 e. The van der Waals surface area contributed by atoms with Crippen LogP contribution in [0, 0.1) is 0 Å². The molecule has 0 aromatic carbocycles. The van der Waals surface area contributed by atoms with Crippen LogP contribution in [0.25, 0.3) is 11.2 Å². The molecule has 2 aromatic rings. The lowest BCUT2D eigenvalue weighted by atomic mass is 10.1. The van der Waals surface area contributed by atoms with Crippen molar-refractivity contribution in [3.05, 3.63) is 12.7 Å². The maximum Gasteiger partial charge on any atom is 0.323 e. The summed E-state index contributed by atoms with van der Waals surface area (Å²) in [6.45, 7) is 8.53. The van der Waals surface area contributed by atoms with Crippen LogP contribution < -0.4 is 15.9 Å². The summed E-state index contributed by atoms with van der Waals surface area (Å²) in [5.41, 5.74) is 5.25. The van der Waals surface area contributed by atoms with Gasteiger partial charge in [0, 0.05) is 0 Å². The number of ether oxygens (including phenoxy) is 2. The molecule has 0 unspecified atom stereocenters. The molecule has 2 rings (SSSR count). The molecule has 0 spiro atoms. The van der Waals surface area contributed by atoms with Gasteiger partial charge >= 0.3 is 11.9 Å². The number of nitrogens with zero attached hydrogens (tertiary/aromatic N) is 4. The van der Waals surface area contributed by atoms with Gasteiger partial charge in [-0.2, -0.15) is 0 Å². The van der Waals surface area contributed by atoms with E-state index in [1.807, 2.05) is 6.92 Å². The Morgan fingerprint density at radius 1 is 1.29 bits per heavy atom. The highest BCUT2D eigenvalue weighted by Gasteiger charge is 2.38. The van der Waals surface area contributed by atoms with E-state index in [2.05, 4.69) is 25.1 Å². The SMILES string of the molecule is CCCCOC(=O)[C@@H](C)N[P@](=O)(CO[C@H](C)Cn1cnc2c(N)ncnc21)NC(C)(C)C(=O)O. The number of carboxylic acids is 1. The summed E-state index contributed by atoms with van der Waals surface area (Å²) >= 11 is 0. The monoisotopic (exact) mass is 499 g/mol. The van der Waals surface area contributed by atoms with Gasteiger partial charge in [0.25, 0.3) is 0 Å². The van der Waals surface area contributed by atoms with Crippen molar-refractivity contribution in [3.63, 3.8) is 0 Å². The van der Waals surface area contributed by atoms with Crippen molar-refractivity contribution >= 4 is 36.4 Å². The van der Waals surface area contributed by atoms with Gasteiger partial charge in [-0.25, -0.2) is 25.1 Å². The first-order valence-corrected chi connectivity index (χ1v) is 12.9. The molecule has 0 aliphatic carbocycles. The van der Waals surface area contributed by atoms with Gasteiger partial charge in [0.1, 0.15) is 29.8 Å². The molecule has 3 atom stereocenters. The normalized spacial score (nSPS) is 15.6. The van der Waals surface area contributed by atoms with Gasteiger partial charge in [0.15, 0.2) is 11.5 Å². The Bertz CT molecular complexity index is 1040. The second-order valence-electron chi connectivity index (χ2n) is 8.59. The first-order chi connectivity index (χ1) is 15.9. The van der Waals surface area contributed by atoms with E-state index in [4.69, 9.17) is 15.2 Å². The predicted molar refractivity (Wildman–Crippen MR) is 126 cm³/mol. The molecule has 0 saturated heterocycles. The van der Waals surface area contributed by atoms with Crippen molar-refractivity contribution in [2.24, 2.45) is 0 Å². The molecule has 5 N–H and O–H groups in total. The number of imidazole rings is 1. The summed E-state index contributed by atoms with van der Waals surface area (Å²) < 4.78 is 26.4. The molecule has 0 radical (unpaired) electrons. The van der Waals surface area contributed by atoms with Crippen LogP contribution in [0.3, 0.4) is 0 Å². The van der Waals surface area contributed by atoms with Gasteiger partial charge in [0.2, 0.25) is 7.44 Å². The number of nitrogens with one attached hydrogen (secondary N) is 2. The minimum absolute atomic E-state index is 0.250. The molecule has 0 bridgehead atoms. The fourth-order valence-corrected chi connectivity index (χ4v) is 5.40. The molecule has 0 amide bonds. The highest BCUT2D eigenvalue weighted by molar-refractivity contribution is 7.59. The van der Waals surface area contributed by atoms with E-state index < -0.39 is 37.1 Å². The number of esters is 1. The number of nitrogens with two attached hydrogens (primary N) is 1. The first kappa shape index (κ1) is 27.6. The zero-order valence-corrected chi connectivity index (χ0v) is 21.0. The zero-order chi connectivity index (χ0) is 25.5. The summed E-state index contributed by atoms with van der Waals surface area (Å²) in [4.78, 5) is 36.2. The van der Waals surface area contributed by atoms with Crippen LogP contribution in [0.15, 0.2) is 12.7 Å². The quantitative estimate of drug-likeness (QED) is 0.168. The van der Waals surface area contributed by atoms with Gasteiger partial charge in [0.05, 0.1) is 25.6 Å². The third-order valence-electron chi connectivity index (χ3n) is 4.92. The molecule has 34 heavy (non-hydrogen) atoms. The molecule has 0 aliphatic rings. The van der Waals surface area contributed by atoms with Crippen molar-refractivity contribution in [3.8, 4) is 0 Å². The number of aliphatic carboxylic acids is 1. The van der Waals surface area contributed by atoms with E-state index >= 15 is 0 Å². The maximum absolute atomic E-state index is 13.7. The van der Waals surface area contributed by atoms with Crippen LogP contribution in [0.1, 0.15) is 47.5 Å². The van der Waals surface area contributed by atoms with Crippen LogP contribution in [0.5, 0.6) is 0 Å². The minimum Gasteiger partial charge on any atom is -0.480 e. The van der Waals surface area contributed by atoms with Crippen molar-refractivity contribution in [1.29, 1.82) is 0 Å². The Morgan fingerprint density at radius 3 is 2.65 bits per heavy atom. The number of aromatic nitrogens is 4. The molecular weight excluding hydrogens is 465 g/mol. The summed E-state index contributed by atoms with van der Waals surface area (Å²) in [5, 5.41) is 14.8. The average molecular weight is 500 g/mol. The van der Waals surface area contributed by atoms with Crippen molar-refractivity contribution in [2.75, 3.05) is 18.7 Å². The van der Waals surface area contributed by atoms with Gasteiger partial charge < -0.3 is 24.9 Å². The van der Waals surface area contributed by atoms with E-state index in [1.165, 1.54) is 27.1 Å². The topological polar surface area (TPSA) is 184 Å². The second-order valence-corrected chi connectivity index (χ2v) is 10.8. The number of fused-ring (bicyclic) bond motifs is 1. The van der Waals surface area contributed by atoms with Crippen molar-refractivity contribution in [2.45, 2.75) is 71.7 Å². The standard InChI is InChI=1S/C20H34N7O6P/c1-6-7-8-32-18(28)14(3)25-34(31,26-20(4,5)19(29)30)12-33-13(2)9-27-11-24-15-16(21)22-10-23-17(15)27/h10-11,13-14H,6-9,12H2,1-5H3,(H,29,30)(H2,21,22,23)(H2,25,26,31)/t13-,14-,34-/m1/s1. The molecule has 13 nitrogen and oxygen atoms in total. The molecule has 0 saturated carbocycles. The zero-order valence-electron chi connectivity index (χ0n) is 20.1. The Hall–Kier alpha value is -2.60. The second kappa shape index (κ2) is 11.7. The fraction of sp³-hybridized carbons (Fsp3) is 0.650. The van der Waals surface area contributed by atoms with Gasteiger partial charge in [-0.1, -0.05) is 13.3 Å². The molecule has 2 heterocycles. The molecule has 190 valence electrons. The highest BCUT2D eigenvalue weighted by atomic mass is 31.2. The van der Waals surface area contributed by atoms with Gasteiger partial charge in [-0.05, 0) is 34.1 Å². The van der Waals surface area contributed by atoms with Crippen LogP contribution in [0.2, 0.25) is 0 Å². The lowest BCUT2D eigenvalue weighted by molar-refractivity contribution is -0.145. The molecule has 2 aromatic heterocycles. The van der Waals surface area contributed by atoms with Gasteiger partial charge in [-0.15, -0.1) is 0 Å². The van der Waals surface area contributed by atoms with E-state index in [0.29, 0.717) is 24.1 Å². The predicted octanol–water partition coefficient (Wildman–Crippen LogP) is 1.74. The number of unbranched alkanes of at least 4 members (excludes halogenated alkanes) is 1. The molecule has 0 aliphatic heterocycles. The molecular formula is C20H34N7O6P. The Balaban J connectivity index is 2.10. The molecule has 0 fully saturated rings. The van der Waals surface area contributed by atoms with Crippen LogP contribution in [-0.4, -0.2) is 67.2 Å². The van der Waals surface area contributed by atoms with E-state index in [9.17, 15) is 19.3 Å². The Kier molecular flexibility index (Phi) is 9.51. The number of carbonyl (C=O) groups excluding carboxylic acids is 1. The summed E-state index contributed by atoms with van der Waals surface area (Å²) in [6, 6.07) is -0.948. The number of carboxylic acid groups (broad SMARTS) is 1. The minimum atomic E-state index is -3.72. The van der Waals surface area contributed by atoms with Gasteiger partial charge in [-0.3, -0.25) is 14.2 Å². The molecule has 14 heteroatoms. The number of anilines is 1. The average Bonchev–Trinajstić information content (AvgIpc) is 3.16. The third kappa shape index (κ3) is 7.45. The summed E-state index contributed by atoms with van der Waals surface area (Å²) in [6.07, 6.45) is 3.61. The first-order valence-electron chi connectivity index (χ1n) is 11.0. The number of carbonyl (C=O) groups is 2. The van der Waals surface area contributed by atoms with Crippen LogP contribution >= 0.6 is 7.44 Å². The number of nitrogen functional groups attached to an aromatic ring is 1. The number of hydrogen-bond donors (Lipinski definition) is 4. The highest BCUT2D eigenvalue weighted by Crippen LogP contribution is 2.40. The number of rotatable bonds is 14. The smallest absolute Gasteiger partial charge is 0.323 e. The Morgan fingerprint density at radius 2 is 2.00 bits per heavy atom. The van der Waals surface area contributed by atoms with Crippen LogP contribution in [0.4, 0.5) is 5.82 Å². The van der Waals surface area contributed by atoms with Crippen LogP contribution in [-0.2, 0) is 30.2 Å².